The molecule has 1 saturated carbocycles. The molecule has 1 aromatic heterocycles. The highest BCUT2D eigenvalue weighted by atomic mass is 35.5. The summed E-state index contributed by atoms with van der Waals surface area (Å²) in [6.07, 6.45) is 2.93. The van der Waals surface area contributed by atoms with E-state index in [2.05, 4.69) is 20.0 Å². The van der Waals surface area contributed by atoms with E-state index >= 15 is 0 Å². The summed E-state index contributed by atoms with van der Waals surface area (Å²) >= 11 is 6.26. The molecule has 1 atom stereocenters. The molecule has 23 heavy (non-hydrogen) atoms. The molecule has 0 bridgehead atoms. The molecule has 0 saturated heterocycles. The van der Waals surface area contributed by atoms with Gasteiger partial charge < -0.3 is 15.5 Å². The summed E-state index contributed by atoms with van der Waals surface area (Å²) in [6, 6.07) is 7.09. The molecule has 0 unspecified atom stereocenters. The van der Waals surface area contributed by atoms with Gasteiger partial charge in [0.25, 0.3) is 0 Å². The molecule has 3 rings (SSSR count). The smallest absolute Gasteiger partial charge is 0.411 e. The quantitative estimate of drug-likeness (QED) is 0.777. The van der Waals surface area contributed by atoms with Crippen molar-refractivity contribution in [3.05, 3.63) is 35.2 Å². The molecule has 2 aromatic rings. The molecule has 1 aliphatic carbocycles. The van der Waals surface area contributed by atoms with E-state index in [-0.39, 0.29) is 6.04 Å². The first kappa shape index (κ1) is 15.8. The first-order valence-electron chi connectivity index (χ1n) is 7.53. The van der Waals surface area contributed by atoms with Crippen molar-refractivity contribution in [1.82, 2.24) is 9.97 Å². The Hall–Kier alpha value is -2.05. The van der Waals surface area contributed by atoms with Gasteiger partial charge in [-0.15, -0.1) is 0 Å². The second-order valence-electron chi connectivity index (χ2n) is 5.76. The number of imidazole rings is 1. The first-order valence-corrected chi connectivity index (χ1v) is 7.91. The number of methoxy groups -OCH3 is 1. The minimum atomic E-state index is -0.510. The highest BCUT2D eigenvalue weighted by Crippen LogP contribution is 2.37. The van der Waals surface area contributed by atoms with Crippen LogP contribution in [-0.4, -0.2) is 23.2 Å². The van der Waals surface area contributed by atoms with Crippen LogP contribution in [0.5, 0.6) is 0 Å². The van der Waals surface area contributed by atoms with E-state index in [0.717, 1.165) is 17.9 Å². The van der Waals surface area contributed by atoms with Crippen LogP contribution >= 0.6 is 11.6 Å². The average molecular weight is 335 g/mol. The molecule has 0 aliphatic heterocycles. The molecule has 0 spiro atoms. The lowest BCUT2D eigenvalue weighted by atomic mass is 10.1. The van der Waals surface area contributed by atoms with Gasteiger partial charge in [0.1, 0.15) is 16.7 Å². The average Bonchev–Trinajstić information content (AvgIpc) is 3.27. The molecular weight excluding hydrogens is 316 g/mol. The topological polar surface area (TPSA) is 93.0 Å². The number of hydrogen-bond acceptors (Lipinski definition) is 4. The Balaban J connectivity index is 1.75. The first-order chi connectivity index (χ1) is 11.1. The number of aromatic nitrogens is 2. The van der Waals surface area contributed by atoms with Gasteiger partial charge in [0.05, 0.1) is 13.2 Å². The predicted octanol–water partition coefficient (Wildman–Crippen LogP) is 3.71. The van der Waals surface area contributed by atoms with Crippen molar-refractivity contribution >= 4 is 23.4 Å². The van der Waals surface area contributed by atoms with Gasteiger partial charge in [-0.1, -0.05) is 36.6 Å². The van der Waals surface area contributed by atoms with E-state index in [4.69, 9.17) is 17.3 Å². The van der Waals surface area contributed by atoms with Crippen LogP contribution in [0.25, 0.3) is 11.3 Å². The van der Waals surface area contributed by atoms with Crippen molar-refractivity contribution in [2.45, 2.75) is 25.3 Å². The third-order valence-electron chi connectivity index (χ3n) is 3.90. The molecule has 122 valence electrons. The Kier molecular flexibility index (Phi) is 4.54. The van der Waals surface area contributed by atoms with E-state index < -0.39 is 6.09 Å². The van der Waals surface area contributed by atoms with Crippen LogP contribution < -0.4 is 11.1 Å². The molecule has 0 radical (unpaired) electrons. The van der Waals surface area contributed by atoms with Crippen molar-refractivity contribution in [1.29, 1.82) is 0 Å². The fourth-order valence-electron chi connectivity index (χ4n) is 2.44. The Morgan fingerprint density at radius 2 is 2.17 bits per heavy atom. The molecule has 4 N–H and O–H groups in total. The Labute approximate surface area is 139 Å². The predicted molar refractivity (Wildman–Crippen MR) is 89.3 cm³/mol. The summed E-state index contributed by atoms with van der Waals surface area (Å²) in [6.45, 7) is 0. The summed E-state index contributed by atoms with van der Waals surface area (Å²) in [7, 11) is 1.32. The summed E-state index contributed by atoms with van der Waals surface area (Å²) in [4.78, 5) is 18.8. The summed E-state index contributed by atoms with van der Waals surface area (Å²) in [5, 5.41) is 3.07. The van der Waals surface area contributed by atoms with Gasteiger partial charge in [-0.2, -0.15) is 0 Å². The Morgan fingerprint density at radius 3 is 2.78 bits per heavy atom. The van der Waals surface area contributed by atoms with Gasteiger partial charge in [-0.05, 0) is 24.5 Å². The highest BCUT2D eigenvalue weighted by molar-refractivity contribution is 6.31. The van der Waals surface area contributed by atoms with Gasteiger partial charge in [-0.25, -0.2) is 9.78 Å². The molecule has 7 heteroatoms. The molecule has 1 fully saturated rings. The van der Waals surface area contributed by atoms with E-state index in [1.165, 1.54) is 20.0 Å². The summed E-state index contributed by atoms with van der Waals surface area (Å²) in [5.41, 5.74) is 8.33. The second kappa shape index (κ2) is 6.60. The normalized spacial score (nSPS) is 15.3. The van der Waals surface area contributed by atoms with E-state index in [1.54, 1.807) is 12.1 Å². The number of ether oxygens (including phenoxy) is 1. The number of aromatic amines is 1. The zero-order valence-corrected chi connectivity index (χ0v) is 13.6. The van der Waals surface area contributed by atoms with Crippen molar-refractivity contribution in [3.8, 4) is 11.3 Å². The minimum Gasteiger partial charge on any atom is -0.453 e. The van der Waals surface area contributed by atoms with Gasteiger partial charge >= 0.3 is 6.09 Å². The van der Waals surface area contributed by atoms with Crippen molar-refractivity contribution in [2.75, 3.05) is 12.4 Å². The van der Waals surface area contributed by atoms with Gasteiger partial charge in [0.15, 0.2) is 0 Å². The third kappa shape index (κ3) is 3.83. The van der Waals surface area contributed by atoms with Crippen LogP contribution in [-0.2, 0) is 4.74 Å². The highest BCUT2D eigenvalue weighted by Gasteiger charge is 2.26. The number of H-pyrrole nitrogens is 1. The summed E-state index contributed by atoms with van der Waals surface area (Å²) < 4.78 is 4.55. The number of hydrogen-bond donors (Lipinski definition) is 3. The molecule has 1 aromatic carbocycles. The number of halogens is 1. The zero-order chi connectivity index (χ0) is 16.4. The second-order valence-corrected chi connectivity index (χ2v) is 6.14. The maximum Gasteiger partial charge on any atom is 0.411 e. The number of nitrogens with one attached hydrogen (secondary N) is 2. The largest absolute Gasteiger partial charge is 0.453 e. The maximum absolute atomic E-state index is 11.2. The fraction of sp³-hybridized carbons (Fsp3) is 0.375. The van der Waals surface area contributed by atoms with Crippen LogP contribution in [0.3, 0.4) is 0 Å². The van der Waals surface area contributed by atoms with Crippen LogP contribution in [0, 0.1) is 5.92 Å². The SMILES string of the molecule is COC(=O)Nc1ccc(-c2nc([C@@H](N)CC3CC3)[nH]c2Cl)cc1. The monoisotopic (exact) mass is 334 g/mol. The number of carbonyl (C=O) groups excluding carboxylic acids is 1. The van der Waals surface area contributed by atoms with Crippen LogP contribution in [0.15, 0.2) is 24.3 Å². The minimum absolute atomic E-state index is 0.117. The van der Waals surface area contributed by atoms with Crippen LogP contribution in [0.1, 0.15) is 31.1 Å². The number of amides is 1. The lowest BCUT2D eigenvalue weighted by molar-refractivity contribution is 0.187. The number of anilines is 1. The standard InChI is InChI=1S/C16H19ClN4O2/c1-23-16(22)19-11-6-4-10(5-7-11)13-14(17)21-15(20-13)12(18)8-9-2-3-9/h4-7,9,12H,2-3,8,18H2,1H3,(H,19,22)(H,20,21)/t12-/m0/s1. The lowest BCUT2D eigenvalue weighted by Crippen LogP contribution is -2.12. The van der Waals surface area contributed by atoms with Crippen LogP contribution in [0.2, 0.25) is 5.15 Å². The molecule has 6 nitrogen and oxygen atoms in total. The van der Waals surface area contributed by atoms with Crippen molar-refractivity contribution in [3.63, 3.8) is 0 Å². The molecule has 1 amide bonds. The van der Waals surface area contributed by atoms with Gasteiger partial charge in [-0.3, -0.25) is 5.32 Å². The van der Waals surface area contributed by atoms with Gasteiger partial charge in [0, 0.05) is 11.3 Å². The van der Waals surface area contributed by atoms with Crippen molar-refractivity contribution < 1.29 is 9.53 Å². The maximum atomic E-state index is 11.2. The molecule has 1 heterocycles. The lowest BCUT2D eigenvalue weighted by Gasteiger charge is -2.06. The van der Waals surface area contributed by atoms with Crippen molar-refractivity contribution in [2.24, 2.45) is 11.7 Å². The van der Waals surface area contributed by atoms with E-state index in [0.29, 0.717) is 22.4 Å². The third-order valence-corrected chi connectivity index (χ3v) is 4.18. The number of nitrogens with zero attached hydrogens (tertiary/aromatic N) is 1. The molecule has 1 aliphatic rings. The van der Waals surface area contributed by atoms with Gasteiger partial charge in [0.2, 0.25) is 0 Å². The number of rotatable bonds is 5. The number of carbonyl (C=O) groups is 1. The number of benzene rings is 1. The molecular formula is C16H19ClN4O2. The van der Waals surface area contributed by atoms with E-state index in [9.17, 15) is 4.79 Å². The van der Waals surface area contributed by atoms with Crippen LogP contribution in [0.4, 0.5) is 10.5 Å². The number of nitrogens with two attached hydrogens (primary N) is 1. The fourth-order valence-corrected chi connectivity index (χ4v) is 2.69. The van der Waals surface area contributed by atoms with E-state index in [1.807, 2.05) is 12.1 Å². The zero-order valence-electron chi connectivity index (χ0n) is 12.8. The Morgan fingerprint density at radius 1 is 1.48 bits per heavy atom. The summed E-state index contributed by atoms with van der Waals surface area (Å²) in [5.74, 6) is 1.44. The Bertz CT molecular complexity index is 695.